The standard InChI is InChI=1S/C5H7N3/c1-6-5-2-3-7-4-8-5/h2-4H,1H3,(H,6,7,8). The Morgan fingerprint density at radius 3 is 2.88 bits per heavy atom. The van der Waals surface area contributed by atoms with Gasteiger partial charge in [0, 0.05) is 13.2 Å². The van der Waals surface area contributed by atoms with Gasteiger partial charge in [0.05, 0.1) is 0 Å². The number of rotatable bonds is 1. The van der Waals surface area contributed by atoms with Crippen LogP contribution in [0, 0.1) is 0 Å². The van der Waals surface area contributed by atoms with Gasteiger partial charge in [-0.15, -0.1) is 0 Å². The monoisotopic (exact) mass is 109 g/mol. The van der Waals surface area contributed by atoms with Crippen LogP contribution in [-0.4, -0.2) is 17.0 Å². The van der Waals surface area contributed by atoms with Crippen LogP contribution in [0.5, 0.6) is 0 Å². The van der Waals surface area contributed by atoms with E-state index in [0.29, 0.717) is 0 Å². The molecule has 1 heterocycles. The summed E-state index contributed by atoms with van der Waals surface area (Å²) in [7, 11) is 1.82. The van der Waals surface area contributed by atoms with E-state index < -0.39 is 0 Å². The summed E-state index contributed by atoms with van der Waals surface area (Å²) < 4.78 is 0. The Morgan fingerprint density at radius 2 is 2.50 bits per heavy atom. The summed E-state index contributed by atoms with van der Waals surface area (Å²) in [6.45, 7) is 0. The third kappa shape index (κ3) is 0.932. The molecule has 3 heteroatoms. The molecule has 1 rings (SSSR count). The van der Waals surface area contributed by atoms with Crippen LogP contribution in [-0.2, 0) is 0 Å². The first-order chi connectivity index (χ1) is 3.93. The molecular formula is C5H7N3. The molecule has 0 spiro atoms. The van der Waals surface area contributed by atoms with E-state index >= 15 is 0 Å². The second-order valence-electron chi connectivity index (χ2n) is 1.34. The fourth-order valence-corrected chi connectivity index (χ4v) is 0.439. The molecule has 0 aromatic carbocycles. The fraction of sp³-hybridized carbons (Fsp3) is 0.200. The molecule has 0 radical (unpaired) electrons. The van der Waals surface area contributed by atoms with Crippen LogP contribution in [0.1, 0.15) is 0 Å². The average Bonchev–Trinajstić information content (AvgIpc) is 1.90. The van der Waals surface area contributed by atoms with Gasteiger partial charge >= 0.3 is 0 Å². The molecule has 1 aromatic heterocycles. The summed E-state index contributed by atoms with van der Waals surface area (Å²) in [4.78, 5) is 7.62. The Hall–Kier alpha value is -1.12. The van der Waals surface area contributed by atoms with Gasteiger partial charge in [0.2, 0.25) is 0 Å². The molecule has 0 amide bonds. The van der Waals surface area contributed by atoms with Gasteiger partial charge < -0.3 is 5.32 Å². The van der Waals surface area contributed by atoms with Crippen LogP contribution >= 0.6 is 0 Å². The summed E-state index contributed by atoms with van der Waals surface area (Å²) >= 11 is 0. The van der Waals surface area contributed by atoms with Crippen molar-refractivity contribution in [3.05, 3.63) is 18.6 Å². The lowest BCUT2D eigenvalue weighted by Gasteiger charge is -1.92. The normalized spacial score (nSPS) is 8.62. The lowest BCUT2D eigenvalue weighted by molar-refractivity contribution is 1.16. The molecule has 0 aliphatic heterocycles. The molecule has 42 valence electrons. The molecule has 0 aliphatic rings. The maximum absolute atomic E-state index is 3.88. The molecule has 0 saturated carbocycles. The Kier molecular flexibility index (Phi) is 1.42. The van der Waals surface area contributed by atoms with Crippen LogP contribution < -0.4 is 5.32 Å². The number of nitrogens with one attached hydrogen (secondary N) is 1. The molecule has 3 nitrogen and oxygen atoms in total. The van der Waals surface area contributed by atoms with Gasteiger partial charge in [-0.05, 0) is 6.07 Å². The SMILES string of the molecule is CNc1ccncn1. The summed E-state index contributed by atoms with van der Waals surface area (Å²) in [5.41, 5.74) is 0. The molecule has 0 bridgehead atoms. The molecule has 0 unspecified atom stereocenters. The van der Waals surface area contributed by atoms with Gasteiger partial charge in [-0.3, -0.25) is 0 Å². The highest BCUT2D eigenvalue weighted by Gasteiger charge is 1.80. The van der Waals surface area contributed by atoms with Crippen molar-refractivity contribution in [1.29, 1.82) is 0 Å². The van der Waals surface area contributed by atoms with Crippen molar-refractivity contribution in [2.45, 2.75) is 0 Å². The van der Waals surface area contributed by atoms with Crippen LogP contribution in [0.15, 0.2) is 18.6 Å². The van der Waals surface area contributed by atoms with Crippen molar-refractivity contribution in [2.75, 3.05) is 12.4 Å². The Labute approximate surface area is 47.8 Å². The van der Waals surface area contributed by atoms with E-state index in [1.54, 1.807) is 12.3 Å². The van der Waals surface area contributed by atoms with Crippen molar-refractivity contribution in [3.8, 4) is 0 Å². The zero-order chi connectivity index (χ0) is 5.82. The highest BCUT2D eigenvalue weighted by Crippen LogP contribution is 1.93. The molecular weight excluding hydrogens is 102 g/mol. The summed E-state index contributed by atoms with van der Waals surface area (Å²) in [5, 5.41) is 2.88. The molecule has 0 saturated heterocycles. The lowest BCUT2D eigenvalue weighted by atomic mass is 10.6. The van der Waals surface area contributed by atoms with Crippen LogP contribution in [0.3, 0.4) is 0 Å². The minimum atomic E-state index is 0.847. The van der Waals surface area contributed by atoms with E-state index in [2.05, 4.69) is 15.3 Å². The number of aromatic nitrogens is 2. The molecule has 0 aliphatic carbocycles. The number of hydrogen-bond donors (Lipinski definition) is 1. The summed E-state index contributed by atoms with van der Waals surface area (Å²) in [6, 6.07) is 1.81. The van der Waals surface area contributed by atoms with Crippen molar-refractivity contribution < 1.29 is 0 Å². The van der Waals surface area contributed by atoms with E-state index in [4.69, 9.17) is 0 Å². The van der Waals surface area contributed by atoms with Crippen molar-refractivity contribution >= 4 is 5.82 Å². The largest absolute Gasteiger partial charge is 0.373 e. The maximum atomic E-state index is 3.88. The summed E-state index contributed by atoms with van der Waals surface area (Å²) in [6.07, 6.45) is 3.20. The molecule has 1 aromatic rings. The lowest BCUT2D eigenvalue weighted by Crippen LogP contribution is -1.90. The Morgan fingerprint density at radius 1 is 1.62 bits per heavy atom. The van der Waals surface area contributed by atoms with Gasteiger partial charge in [0.25, 0.3) is 0 Å². The zero-order valence-corrected chi connectivity index (χ0v) is 4.63. The van der Waals surface area contributed by atoms with Gasteiger partial charge in [0.15, 0.2) is 0 Å². The maximum Gasteiger partial charge on any atom is 0.129 e. The predicted molar refractivity (Wildman–Crippen MR) is 31.6 cm³/mol. The minimum Gasteiger partial charge on any atom is -0.373 e. The Bertz CT molecular complexity index is 149. The topological polar surface area (TPSA) is 37.8 Å². The second kappa shape index (κ2) is 2.26. The zero-order valence-electron chi connectivity index (χ0n) is 4.63. The molecule has 1 N–H and O–H groups in total. The molecule has 8 heavy (non-hydrogen) atoms. The minimum absolute atomic E-state index is 0.847. The van der Waals surface area contributed by atoms with Gasteiger partial charge in [-0.1, -0.05) is 0 Å². The Balaban J connectivity index is 2.83. The van der Waals surface area contributed by atoms with Crippen LogP contribution in [0.25, 0.3) is 0 Å². The quantitative estimate of drug-likeness (QED) is 0.571. The van der Waals surface area contributed by atoms with Crippen molar-refractivity contribution in [3.63, 3.8) is 0 Å². The smallest absolute Gasteiger partial charge is 0.129 e. The van der Waals surface area contributed by atoms with Gasteiger partial charge in [-0.2, -0.15) is 0 Å². The van der Waals surface area contributed by atoms with Gasteiger partial charge in [-0.25, -0.2) is 9.97 Å². The number of nitrogens with zero attached hydrogens (tertiary/aromatic N) is 2. The third-order valence-electron chi connectivity index (χ3n) is 0.838. The third-order valence-corrected chi connectivity index (χ3v) is 0.838. The number of anilines is 1. The van der Waals surface area contributed by atoms with Crippen LogP contribution in [0.4, 0.5) is 5.82 Å². The van der Waals surface area contributed by atoms with E-state index in [0.717, 1.165) is 5.82 Å². The van der Waals surface area contributed by atoms with E-state index in [1.165, 1.54) is 6.33 Å². The first-order valence-corrected chi connectivity index (χ1v) is 2.37. The van der Waals surface area contributed by atoms with E-state index in [1.807, 2.05) is 7.05 Å². The molecule has 0 atom stereocenters. The predicted octanol–water partition coefficient (Wildman–Crippen LogP) is 0.518. The van der Waals surface area contributed by atoms with E-state index in [9.17, 15) is 0 Å². The highest BCUT2D eigenvalue weighted by atomic mass is 15.0. The first-order valence-electron chi connectivity index (χ1n) is 2.37. The van der Waals surface area contributed by atoms with E-state index in [-0.39, 0.29) is 0 Å². The average molecular weight is 109 g/mol. The van der Waals surface area contributed by atoms with Gasteiger partial charge in [0.1, 0.15) is 12.1 Å². The highest BCUT2D eigenvalue weighted by molar-refractivity contribution is 5.29. The van der Waals surface area contributed by atoms with Crippen molar-refractivity contribution in [1.82, 2.24) is 9.97 Å². The fourth-order valence-electron chi connectivity index (χ4n) is 0.439. The van der Waals surface area contributed by atoms with Crippen LogP contribution in [0.2, 0.25) is 0 Å². The molecule has 0 fully saturated rings. The summed E-state index contributed by atoms with van der Waals surface area (Å²) in [5.74, 6) is 0.847. The number of hydrogen-bond acceptors (Lipinski definition) is 3. The second-order valence-corrected chi connectivity index (χ2v) is 1.34. The van der Waals surface area contributed by atoms with Crippen molar-refractivity contribution in [2.24, 2.45) is 0 Å². The first kappa shape index (κ1) is 5.03.